The minimum atomic E-state index is -0.677. The topological polar surface area (TPSA) is 56.8 Å². The van der Waals surface area contributed by atoms with Gasteiger partial charge in [0.25, 0.3) is 5.91 Å². The minimum absolute atomic E-state index is 0.0522. The molecule has 3 heterocycles. The minimum Gasteiger partial charge on any atom is -0.356 e. The number of thioether (sulfide) groups is 1. The first kappa shape index (κ1) is 18.0. The quantitative estimate of drug-likeness (QED) is 0.609. The highest BCUT2D eigenvalue weighted by Crippen LogP contribution is 2.38. The molecule has 136 valence electrons. The largest absolute Gasteiger partial charge is 0.356 e. The van der Waals surface area contributed by atoms with E-state index in [-0.39, 0.29) is 11.9 Å². The molecule has 1 aromatic rings. The van der Waals surface area contributed by atoms with Crippen LogP contribution in [0.15, 0.2) is 23.2 Å². The zero-order valence-electron chi connectivity index (χ0n) is 15.4. The standard InChI is InChI=1S/C18H26N4O2S/c1-13(2)12-22-17(24)20(3)16(23)18(22)8-10-21(11-9-18)14-6-5-7-15(19-14)25-4/h5-7,13H,8-12H2,1-4H3. The number of aromatic nitrogens is 1. The van der Waals surface area contributed by atoms with Crippen LogP contribution in [0.1, 0.15) is 26.7 Å². The molecule has 0 unspecified atom stereocenters. The van der Waals surface area contributed by atoms with Crippen LogP contribution in [-0.2, 0) is 4.79 Å². The molecule has 0 N–H and O–H groups in total. The van der Waals surface area contributed by atoms with Crippen molar-refractivity contribution in [2.24, 2.45) is 5.92 Å². The van der Waals surface area contributed by atoms with E-state index in [4.69, 9.17) is 0 Å². The fourth-order valence-electron chi connectivity index (χ4n) is 3.78. The SMILES string of the molecule is CSc1cccc(N2CCC3(CC2)C(=O)N(C)C(=O)N3CC(C)C)n1. The Morgan fingerprint density at radius 3 is 2.52 bits per heavy atom. The average molecular weight is 362 g/mol. The normalized spacial score (nSPS) is 20.3. The lowest BCUT2D eigenvalue weighted by molar-refractivity contribution is -0.133. The number of likely N-dealkylation sites (N-methyl/N-ethyl adjacent to an activating group) is 1. The molecule has 0 bridgehead atoms. The van der Waals surface area contributed by atoms with E-state index in [1.807, 2.05) is 29.4 Å². The smallest absolute Gasteiger partial charge is 0.327 e. The average Bonchev–Trinajstić information content (AvgIpc) is 2.78. The summed E-state index contributed by atoms with van der Waals surface area (Å²) < 4.78 is 0. The van der Waals surface area contributed by atoms with Crippen LogP contribution in [0.3, 0.4) is 0 Å². The second-order valence-electron chi connectivity index (χ2n) is 7.21. The van der Waals surface area contributed by atoms with Gasteiger partial charge in [0.05, 0.1) is 5.03 Å². The summed E-state index contributed by atoms with van der Waals surface area (Å²) in [5, 5.41) is 0.992. The van der Waals surface area contributed by atoms with Gasteiger partial charge in [-0.15, -0.1) is 11.8 Å². The second-order valence-corrected chi connectivity index (χ2v) is 8.03. The number of rotatable bonds is 4. The summed E-state index contributed by atoms with van der Waals surface area (Å²) in [7, 11) is 1.60. The summed E-state index contributed by atoms with van der Waals surface area (Å²) in [6, 6.07) is 5.87. The lowest BCUT2D eigenvalue weighted by Gasteiger charge is -2.43. The van der Waals surface area contributed by atoms with Gasteiger partial charge in [-0.2, -0.15) is 0 Å². The van der Waals surface area contributed by atoms with Crippen molar-refractivity contribution < 1.29 is 9.59 Å². The van der Waals surface area contributed by atoms with Crippen LogP contribution in [0.4, 0.5) is 10.6 Å². The van der Waals surface area contributed by atoms with Gasteiger partial charge in [0.15, 0.2) is 0 Å². The Balaban J connectivity index is 1.80. The molecule has 3 rings (SSSR count). The van der Waals surface area contributed by atoms with Gasteiger partial charge in [0.2, 0.25) is 0 Å². The maximum absolute atomic E-state index is 12.9. The van der Waals surface area contributed by atoms with E-state index in [0.29, 0.717) is 25.3 Å². The third-order valence-electron chi connectivity index (χ3n) is 5.12. The summed E-state index contributed by atoms with van der Waals surface area (Å²) in [4.78, 5) is 35.4. The van der Waals surface area contributed by atoms with Gasteiger partial charge in [0, 0.05) is 26.7 Å². The van der Waals surface area contributed by atoms with E-state index in [2.05, 4.69) is 23.7 Å². The Kier molecular flexibility index (Phi) is 4.95. The van der Waals surface area contributed by atoms with Gasteiger partial charge in [0.1, 0.15) is 11.4 Å². The van der Waals surface area contributed by atoms with Crippen molar-refractivity contribution in [3.05, 3.63) is 18.2 Å². The molecule has 3 amide bonds. The van der Waals surface area contributed by atoms with Crippen LogP contribution in [0.2, 0.25) is 0 Å². The summed E-state index contributed by atoms with van der Waals surface area (Å²) >= 11 is 1.62. The molecule has 0 aliphatic carbocycles. The Morgan fingerprint density at radius 1 is 1.24 bits per heavy atom. The Morgan fingerprint density at radius 2 is 1.92 bits per heavy atom. The highest BCUT2D eigenvalue weighted by molar-refractivity contribution is 7.98. The van der Waals surface area contributed by atoms with E-state index < -0.39 is 5.54 Å². The number of imide groups is 1. The van der Waals surface area contributed by atoms with Crippen molar-refractivity contribution in [2.75, 3.05) is 37.8 Å². The number of carbonyl (C=O) groups is 2. The number of carbonyl (C=O) groups excluding carboxylic acids is 2. The number of hydrogen-bond acceptors (Lipinski definition) is 5. The summed E-state index contributed by atoms with van der Waals surface area (Å²) in [6.45, 7) is 6.24. The molecule has 1 aromatic heterocycles. The van der Waals surface area contributed by atoms with Crippen molar-refractivity contribution in [3.63, 3.8) is 0 Å². The van der Waals surface area contributed by atoms with Gasteiger partial charge in [-0.3, -0.25) is 9.69 Å². The fraction of sp³-hybridized carbons (Fsp3) is 0.611. The predicted octanol–water partition coefficient (Wildman–Crippen LogP) is 2.69. The van der Waals surface area contributed by atoms with E-state index >= 15 is 0 Å². The summed E-state index contributed by atoms with van der Waals surface area (Å²) in [6.07, 6.45) is 3.32. The maximum Gasteiger partial charge on any atom is 0.327 e. The van der Waals surface area contributed by atoms with Crippen LogP contribution in [0.25, 0.3) is 0 Å². The van der Waals surface area contributed by atoms with E-state index in [1.165, 1.54) is 4.90 Å². The summed E-state index contributed by atoms with van der Waals surface area (Å²) in [5.41, 5.74) is -0.677. The van der Waals surface area contributed by atoms with Crippen molar-refractivity contribution >= 4 is 29.5 Å². The molecule has 0 radical (unpaired) electrons. The molecule has 2 aliphatic rings. The first-order chi connectivity index (χ1) is 11.9. The molecular weight excluding hydrogens is 336 g/mol. The predicted molar refractivity (Wildman–Crippen MR) is 99.9 cm³/mol. The monoisotopic (exact) mass is 362 g/mol. The van der Waals surface area contributed by atoms with Crippen LogP contribution >= 0.6 is 11.8 Å². The molecule has 0 atom stereocenters. The Hall–Kier alpha value is -1.76. The molecule has 0 saturated carbocycles. The van der Waals surface area contributed by atoms with Gasteiger partial charge in [-0.25, -0.2) is 9.78 Å². The number of amides is 3. The van der Waals surface area contributed by atoms with Crippen LogP contribution in [-0.4, -0.2) is 65.2 Å². The summed E-state index contributed by atoms with van der Waals surface area (Å²) in [5.74, 6) is 1.23. The molecule has 25 heavy (non-hydrogen) atoms. The second kappa shape index (κ2) is 6.86. The molecule has 2 fully saturated rings. The lowest BCUT2D eigenvalue weighted by Crippen LogP contribution is -2.57. The van der Waals surface area contributed by atoms with Gasteiger partial charge < -0.3 is 9.80 Å². The molecule has 2 saturated heterocycles. The van der Waals surface area contributed by atoms with Crippen LogP contribution in [0, 0.1) is 5.92 Å². The van der Waals surface area contributed by atoms with E-state index in [9.17, 15) is 9.59 Å². The van der Waals surface area contributed by atoms with Gasteiger partial charge in [-0.05, 0) is 37.1 Å². The lowest BCUT2D eigenvalue weighted by atomic mass is 9.85. The third kappa shape index (κ3) is 3.10. The number of anilines is 1. The molecule has 7 heteroatoms. The van der Waals surface area contributed by atoms with E-state index in [1.54, 1.807) is 18.8 Å². The number of nitrogens with zero attached hydrogens (tertiary/aromatic N) is 4. The van der Waals surface area contributed by atoms with Crippen molar-refractivity contribution in [3.8, 4) is 0 Å². The number of piperidine rings is 1. The number of hydrogen-bond donors (Lipinski definition) is 0. The zero-order chi connectivity index (χ0) is 18.2. The van der Waals surface area contributed by atoms with E-state index in [0.717, 1.165) is 23.9 Å². The first-order valence-corrected chi connectivity index (χ1v) is 9.97. The maximum atomic E-state index is 12.9. The van der Waals surface area contributed by atoms with Crippen LogP contribution < -0.4 is 4.90 Å². The first-order valence-electron chi connectivity index (χ1n) is 8.75. The highest BCUT2D eigenvalue weighted by atomic mass is 32.2. The molecule has 1 spiro atoms. The van der Waals surface area contributed by atoms with Crippen LogP contribution in [0.5, 0.6) is 0 Å². The van der Waals surface area contributed by atoms with Gasteiger partial charge in [-0.1, -0.05) is 19.9 Å². The molecule has 2 aliphatic heterocycles. The Bertz CT molecular complexity index is 671. The van der Waals surface area contributed by atoms with Crippen molar-refractivity contribution in [1.29, 1.82) is 0 Å². The number of urea groups is 1. The van der Waals surface area contributed by atoms with Crippen molar-refractivity contribution in [2.45, 2.75) is 37.3 Å². The molecule has 0 aromatic carbocycles. The van der Waals surface area contributed by atoms with Crippen molar-refractivity contribution in [1.82, 2.24) is 14.8 Å². The molecular formula is C18H26N4O2S. The third-order valence-corrected chi connectivity index (χ3v) is 5.76. The zero-order valence-corrected chi connectivity index (χ0v) is 16.2. The fourth-order valence-corrected chi connectivity index (χ4v) is 4.18. The highest BCUT2D eigenvalue weighted by Gasteiger charge is 2.56. The Labute approximate surface area is 153 Å². The van der Waals surface area contributed by atoms with Gasteiger partial charge >= 0.3 is 6.03 Å². The number of pyridine rings is 1. The molecule has 6 nitrogen and oxygen atoms in total.